The molecule has 1 rings (SSSR count). The van der Waals surface area contributed by atoms with E-state index >= 15 is 0 Å². The van der Waals surface area contributed by atoms with E-state index in [9.17, 15) is 5.21 Å². The van der Waals surface area contributed by atoms with Crippen molar-refractivity contribution in [3.8, 4) is 0 Å². The fourth-order valence-corrected chi connectivity index (χ4v) is 3.59. The minimum Gasteiger partial charge on any atom is -0.785 e. The largest absolute Gasteiger partial charge is 0.785 e. The van der Waals surface area contributed by atoms with Gasteiger partial charge in [-0.25, -0.2) is 0 Å². The zero-order valence-corrected chi connectivity index (χ0v) is 16.7. The SMILES string of the molecule is CCCCCCCCCCCCCCCC(c1ccccc1)N(C)[O-]. The third-order valence-electron chi connectivity index (χ3n) is 5.20. The van der Waals surface area contributed by atoms with Crippen molar-refractivity contribution in [3.63, 3.8) is 0 Å². The third kappa shape index (κ3) is 11.4. The molecule has 1 aromatic carbocycles. The van der Waals surface area contributed by atoms with Crippen LogP contribution in [0.5, 0.6) is 0 Å². The van der Waals surface area contributed by atoms with E-state index in [0.717, 1.165) is 23.5 Å². The molecule has 2 heteroatoms. The standard InChI is InChI=1S/C23H40NO/c1-3-4-5-6-7-8-9-10-11-12-13-14-18-21-23(24(2)25)22-19-16-15-17-20-22/h15-17,19-20,23H,3-14,18,21H2,1-2H3/q-1. The molecule has 25 heavy (non-hydrogen) atoms. The lowest BCUT2D eigenvalue weighted by Crippen LogP contribution is -2.18. The molecule has 0 aliphatic carbocycles. The van der Waals surface area contributed by atoms with Crippen LogP contribution in [-0.4, -0.2) is 12.1 Å². The van der Waals surface area contributed by atoms with Crippen molar-refractivity contribution in [1.29, 1.82) is 0 Å². The van der Waals surface area contributed by atoms with Crippen LogP contribution in [0.3, 0.4) is 0 Å². The van der Waals surface area contributed by atoms with Gasteiger partial charge in [-0.2, -0.15) is 0 Å². The molecule has 0 saturated carbocycles. The molecular weight excluding hydrogens is 306 g/mol. The number of nitrogens with zero attached hydrogens (tertiary/aromatic N) is 1. The summed E-state index contributed by atoms with van der Waals surface area (Å²) in [5, 5.41) is 12.9. The molecule has 1 atom stereocenters. The quantitative estimate of drug-likeness (QED) is 0.227. The lowest BCUT2D eigenvalue weighted by molar-refractivity contribution is 0.310. The molecule has 0 aliphatic heterocycles. The Hall–Kier alpha value is -0.860. The van der Waals surface area contributed by atoms with Gasteiger partial charge in [-0.3, -0.25) is 0 Å². The van der Waals surface area contributed by atoms with Crippen molar-refractivity contribution >= 4 is 0 Å². The van der Waals surface area contributed by atoms with Crippen molar-refractivity contribution in [3.05, 3.63) is 41.1 Å². The molecule has 0 fully saturated rings. The Bertz CT molecular complexity index is 390. The number of hydrogen-bond acceptors (Lipinski definition) is 2. The number of unbranched alkanes of at least 4 members (excludes halogenated alkanes) is 12. The van der Waals surface area contributed by atoms with Gasteiger partial charge in [-0.05, 0) is 19.0 Å². The molecule has 144 valence electrons. The van der Waals surface area contributed by atoms with Gasteiger partial charge in [-0.1, -0.05) is 121 Å². The Morgan fingerprint density at radius 3 is 1.60 bits per heavy atom. The van der Waals surface area contributed by atoms with E-state index in [1.807, 2.05) is 18.2 Å². The molecule has 0 radical (unpaired) electrons. The maximum Gasteiger partial charge on any atom is 0.0229 e. The van der Waals surface area contributed by atoms with Crippen LogP contribution >= 0.6 is 0 Å². The maximum absolute atomic E-state index is 11.8. The summed E-state index contributed by atoms with van der Waals surface area (Å²) < 4.78 is 0. The zero-order chi connectivity index (χ0) is 18.2. The van der Waals surface area contributed by atoms with Crippen molar-refractivity contribution < 1.29 is 0 Å². The minimum atomic E-state index is 0.0221. The number of rotatable bonds is 16. The van der Waals surface area contributed by atoms with Crippen molar-refractivity contribution in [2.75, 3.05) is 7.05 Å². The van der Waals surface area contributed by atoms with Gasteiger partial charge in [-0.15, -0.1) is 0 Å². The Kier molecular flexibility index (Phi) is 13.7. The molecule has 0 aromatic heterocycles. The highest BCUT2D eigenvalue weighted by Gasteiger charge is 2.09. The second kappa shape index (κ2) is 15.4. The number of hydroxylamine groups is 2. The molecule has 0 spiro atoms. The van der Waals surface area contributed by atoms with Crippen LogP contribution in [0, 0.1) is 5.21 Å². The van der Waals surface area contributed by atoms with Gasteiger partial charge < -0.3 is 10.3 Å². The molecule has 0 amide bonds. The molecular formula is C23H40NO-. The summed E-state index contributed by atoms with van der Waals surface area (Å²) >= 11 is 0. The monoisotopic (exact) mass is 346 g/mol. The average molecular weight is 347 g/mol. The number of hydrogen-bond donors (Lipinski definition) is 0. The maximum atomic E-state index is 11.8. The second-order valence-electron chi connectivity index (χ2n) is 7.50. The molecule has 1 unspecified atom stereocenters. The van der Waals surface area contributed by atoms with E-state index in [-0.39, 0.29) is 6.04 Å². The van der Waals surface area contributed by atoms with Crippen LogP contribution < -0.4 is 0 Å². The first-order valence-corrected chi connectivity index (χ1v) is 10.7. The summed E-state index contributed by atoms with van der Waals surface area (Å²) in [6.45, 7) is 2.28. The summed E-state index contributed by atoms with van der Waals surface area (Å²) in [4.78, 5) is 0. The highest BCUT2D eigenvalue weighted by atomic mass is 16.5. The summed E-state index contributed by atoms with van der Waals surface area (Å²) in [7, 11) is 1.65. The zero-order valence-electron chi connectivity index (χ0n) is 16.7. The molecule has 0 aliphatic rings. The van der Waals surface area contributed by atoms with Gasteiger partial charge in [0.2, 0.25) is 0 Å². The van der Waals surface area contributed by atoms with Gasteiger partial charge in [0.25, 0.3) is 0 Å². The van der Waals surface area contributed by atoms with E-state index in [2.05, 4.69) is 19.1 Å². The lowest BCUT2D eigenvalue weighted by Gasteiger charge is -2.33. The minimum absolute atomic E-state index is 0.0221. The normalized spacial score (nSPS) is 12.6. The van der Waals surface area contributed by atoms with E-state index in [0.29, 0.717) is 0 Å². The van der Waals surface area contributed by atoms with Crippen molar-refractivity contribution in [1.82, 2.24) is 5.06 Å². The second-order valence-corrected chi connectivity index (χ2v) is 7.50. The predicted octanol–water partition coefficient (Wildman–Crippen LogP) is 7.64. The first kappa shape index (κ1) is 22.2. The van der Waals surface area contributed by atoms with Gasteiger partial charge in [0.05, 0.1) is 0 Å². The van der Waals surface area contributed by atoms with Gasteiger partial charge in [0, 0.05) is 6.04 Å². The van der Waals surface area contributed by atoms with Crippen molar-refractivity contribution in [2.24, 2.45) is 0 Å². The summed E-state index contributed by atoms with van der Waals surface area (Å²) in [6.07, 6.45) is 18.8. The van der Waals surface area contributed by atoms with Crippen LogP contribution in [0.15, 0.2) is 30.3 Å². The van der Waals surface area contributed by atoms with E-state index < -0.39 is 0 Å². The highest BCUT2D eigenvalue weighted by molar-refractivity contribution is 5.18. The van der Waals surface area contributed by atoms with Crippen LogP contribution in [-0.2, 0) is 0 Å². The Morgan fingerprint density at radius 2 is 1.16 bits per heavy atom. The van der Waals surface area contributed by atoms with E-state index in [1.54, 1.807) is 7.05 Å². The average Bonchev–Trinajstić information content (AvgIpc) is 2.62. The molecule has 2 nitrogen and oxygen atoms in total. The summed E-state index contributed by atoms with van der Waals surface area (Å²) in [5.74, 6) is 0. The predicted molar refractivity (Wildman–Crippen MR) is 111 cm³/mol. The fourth-order valence-electron chi connectivity index (χ4n) is 3.59. The fraction of sp³-hybridized carbons (Fsp3) is 0.739. The molecule has 0 N–H and O–H groups in total. The van der Waals surface area contributed by atoms with Crippen LogP contribution in [0.25, 0.3) is 0 Å². The van der Waals surface area contributed by atoms with Gasteiger partial charge in [0.1, 0.15) is 0 Å². The lowest BCUT2D eigenvalue weighted by atomic mass is 9.99. The topological polar surface area (TPSA) is 26.3 Å². The summed E-state index contributed by atoms with van der Waals surface area (Å²) in [6, 6.07) is 10.2. The van der Waals surface area contributed by atoms with Gasteiger partial charge >= 0.3 is 0 Å². The third-order valence-corrected chi connectivity index (χ3v) is 5.20. The summed E-state index contributed by atoms with van der Waals surface area (Å²) in [5.41, 5.74) is 1.15. The molecule has 1 aromatic rings. The van der Waals surface area contributed by atoms with E-state index in [1.165, 1.54) is 77.0 Å². The van der Waals surface area contributed by atoms with Gasteiger partial charge in [0.15, 0.2) is 0 Å². The number of benzene rings is 1. The van der Waals surface area contributed by atoms with E-state index in [4.69, 9.17) is 0 Å². The van der Waals surface area contributed by atoms with Crippen LogP contribution in [0.2, 0.25) is 0 Å². The Labute approximate surface area is 156 Å². The molecule has 0 bridgehead atoms. The van der Waals surface area contributed by atoms with Crippen molar-refractivity contribution in [2.45, 2.75) is 103 Å². The molecule has 0 heterocycles. The Morgan fingerprint density at radius 1 is 0.720 bits per heavy atom. The van der Waals surface area contributed by atoms with Crippen LogP contribution in [0.1, 0.15) is 108 Å². The highest BCUT2D eigenvalue weighted by Crippen LogP contribution is 2.25. The molecule has 0 saturated heterocycles. The first-order chi connectivity index (χ1) is 12.3. The Balaban J connectivity index is 1.95. The van der Waals surface area contributed by atoms with Crippen LogP contribution in [0.4, 0.5) is 0 Å². The smallest absolute Gasteiger partial charge is 0.0229 e. The first-order valence-electron chi connectivity index (χ1n) is 10.7.